The summed E-state index contributed by atoms with van der Waals surface area (Å²) >= 11 is 0. The fraction of sp³-hybridized carbons (Fsp3) is 0.611. The topological polar surface area (TPSA) is 32.3 Å². The van der Waals surface area contributed by atoms with Gasteiger partial charge in [0, 0.05) is 19.1 Å². The first-order valence-electron chi connectivity index (χ1n) is 8.51. The third-order valence-electron chi connectivity index (χ3n) is 5.58. The van der Waals surface area contributed by atoms with Crippen LogP contribution < -0.4 is 5.32 Å². The molecule has 1 aliphatic carbocycles. The third-order valence-corrected chi connectivity index (χ3v) is 5.58. The van der Waals surface area contributed by atoms with E-state index in [4.69, 9.17) is 0 Å². The van der Waals surface area contributed by atoms with Gasteiger partial charge in [0.1, 0.15) is 0 Å². The van der Waals surface area contributed by atoms with Gasteiger partial charge in [0.05, 0.1) is 11.3 Å². The number of benzene rings is 1. The van der Waals surface area contributed by atoms with Crippen LogP contribution in [0.2, 0.25) is 0 Å². The summed E-state index contributed by atoms with van der Waals surface area (Å²) in [6.45, 7) is 1.95. The molecule has 1 saturated carbocycles. The summed E-state index contributed by atoms with van der Waals surface area (Å²) in [5.74, 6) is 1.02. The molecule has 0 radical (unpaired) electrons. The van der Waals surface area contributed by atoms with Crippen molar-refractivity contribution in [3.63, 3.8) is 0 Å². The fourth-order valence-corrected chi connectivity index (χ4v) is 4.50. The molecule has 3 heteroatoms. The summed E-state index contributed by atoms with van der Waals surface area (Å²) in [7, 11) is 0. The highest BCUT2D eigenvalue weighted by Gasteiger charge is 2.39. The molecule has 3 aliphatic rings. The molecule has 2 atom stereocenters. The van der Waals surface area contributed by atoms with E-state index < -0.39 is 0 Å². The lowest BCUT2D eigenvalue weighted by molar-refractivity contribution is 0.0691. The Morgan fingerprint density at radius 3 is 3.00 bits per heavy atom. The van der Waals surface area contributed by atoms with Crippen LogP contribution in [0.15, 0.2) is 18.2 Å². The van der Waals surface area contributed by atoms with Crippen molar-refractivity contribution < 1.29 is 4.79 Å². The van der Waals surface area contributed by atoms with Gasteiger partial charge in [-0.2, -0.15) is 0 Å². The first-order chi connectivity index (χ1) is 10.3. The summed E-state index contributed by atoms with van der Waals surface area (Å²) in [4.78, 5) is 15.2. The molecule has 2 fully saturated rings. The molecule has 0 spiro atoms. The molecule has 0 aromatic heterocycles. The van der Waals surface area contributed by atoms with E-state index in [2.05, 4.69) is 16.3 Å². The van der Waals surface area contributed by atoms with Crippen molar-refractivity contribution >= 4 is 11.6 Å². The van der Waals surface area contributed by atoms with Crippen LogP contribution in [0, 0.1) is 5.92 Å². The van der Waals surface area contributed by atoms with Crippen molar-refractivity contribution in [3.05, 3.63) is 29.3 Å². The minimum Gasteiger partial charge on any atom is -0.384 e. The monoisotopic (exact) mass is 284 g/mol. The number of rotatable bonds is 1. The number of likely N-dealkylation sites (tertiary alicyclic amines) is 1. The van der Waals surface area contributed by atoms with Crippen molar-refractivity contribution in [2.45, 2.75) is 51.0 Å². The molecular weight excluding hydrogens is 260 g/mol. The number of hydrogen-bond acceptors (Lipinski definition) is 2. The van der Waals surface area contributed by atoms with Gasteiger partial charge in [-0.15, -0.1) is 0 Å². The van der Waals surface area contributed by atoms with Crippen molar-refractivity contribution in [2.24, 2.45) is 5.92 Å². The molecule has 3 nitrogen and oxygen atoms in total. The molecule has 4 rings (SSSR count). The number of anilines is 1. The molecule has 112 valence electrons. The minimum atomic E-state index is 0.260. The van der Waals surface area contributed by atoms with Gasteiger partial charge >= 0.3 is 0 Å². The van der Waals surface area contributed by atoms with E-state index in [0.29, 0.717) is 6.04 Å². The normalized spacial score (nSPS) is 27.7. The Hall–Kier alpha value is -1.51. The molecule has 21 heavy (non-hydrogen) atoms. The van der Waals surface area contributed by atoms with Crippen LogP contribution >= 0.6 is 0 Å². The summed E-state index contributed by atoms with van der Waals surface area (Å²) < 4.78 is 0. The highest BCUT2D eigenvalue weighted by molar-refractivity contribution is 6.00. The second-order valence-corrected chi connectivity index (χ2v) is 6.77. The first kappa shape index (κ1) is 13.2. The van der Waals surface area contributed by atoms with E-state index >= 15 is 0 Å². The molecule has 1 aromatic carbocycles. The largest absolute Gasteiger partial charge is 0.384 e. The van der Waals surface area contributed by atoms with Crippen LogP contribution in [-0.2, 0) is 6.42 Å². The number of nitrogens with zero attached hydrogens (tertiary/aromatic N) is 1. The van der Waals surface area contributed by atoms with E-state index in [1.807, 2.05) is 12.1 Å². The van der Waals surface area contributed by atoms with E-state index in [-0.39, 0.29) is 5.91 Å². The van der Waals surface area contributed by atoms with Gasteiger partial charge in [0.15, 0.2) is 0 Å². The number of carbonyl (C=O) groups excluding carboxylic acids is 1. The summed E-state index contributed by atoms with van der Waals surface area (Å²) in [6, 6.07) is 6.72. The van der Waals surface area contributed by atoms with Crippen LogP contribution in [0.5, 0.6) is 0 Å². The third kappa shape index (κ3) is 2.23. The highest BCUT2D eigenvalue weighted by Crippen LogP contribution is 2.38. The maximum atomic E-state index is 13.1. The van der Waals surface area contributed by atoms with Crippen molar-refractivity contribution in [1.29, 1.82) is 0 Å². The average Bonchev–Trinajstić information content (AvgIpc) is 2.98. The Bertz CT molecular complexity index is 554. The maximum Gasteiger partial charge on any atom is 0.256 e. The number of para-hydroxylation sites is 1. The number of carbonyl (C=O) groups is 1. The Kier molecular flexibility index (Phi) is 3.36. The van der Waals surface area contributed by atoms with E-state index in [9.17, 15) is 4.79 Å². The van der Waals surface area contributed by atoms with Gasteiger partial charge in [-0.3, -0.25) is 4.79 Å². The Morgan fingerprint density at radius 2 is 2.05 bits per heavy atom. The van der Waals surface area contributed by atoms with Crippen LogP contribution in [0.1, 0.15) is 54.4 Å². The quantitative estimate of drug-likeness (QED) is 0.856. The minimum absolute atomic E-state index is 0.260. The molecule has 2 unspecified atom stereocenters. The molecule has 1 N–H and O–H groups in total. The lowest BCUT2D eigenvalue weighted by atomic mass is 9.85. The van der Waals surface area contributed by atoms with Gasteiger partial charge in [0.25, 0.3) is 5.91 Å². The molecule has 2 heterocycles. The van der Waals surface area contributed by atoms with Crippen LogP contribution in [0.4, 0.5) is 5.69 Å². The number of amides is 1. The lowest BCUT2D eigenvalue weighted by Gasteiger charge is -2.32. The lowest BCUT2D eigenvalue weighted by Crippen LogP contribution is -2.39. The molecule has 1 saturated heterocycles. The van der Waals surface area contributed by atoms with Crippen molar-refractivity contribution in [3.8, 4) is 0 Å². The zero-order valence-corrected chi connectivity index (χ0v) is 12.6. The Labute approximate surface area is 126 Å². The average molecular weight is 284 g/mol. The van der Waals surface area contributed by atoms with Gasteiger partial charge in [-0.25, -0.2) is 0 Å². The molecule has 2 aliphatic heterocycles. The van der Waals surface area contributed by atoms with E-state index in [0.717, 1.165) is 36.7 Å². The summed E-state index contributed by atoms with van der Waals surface area (Å²) in [5.41, 5.74) is 3.32. The van der Waals surface area contributed by atoms with E-state index in [1.165, 1.54) is 44.1 Å². The predicted molar refractivity (Wildman–Crippen MR) is 84.7 cm³/mol. The van der Waals surface area contributed by atoms with Crippen molar-refractivity contribution in [1.82, 2.24) is 4.90 Å². The second kappa shape index (κ2) is 5.36. The van der Waals surface area contributed by atoms with Gasteiger partial charge in [0.2, 0.25) is 0 Å². The summed E-state index contributed by atoms with van der Waals surface area (Å²) in [5, 5.41) is 3.46. The zero-order chi connectivity index (χ0) is 14.2. The van der Waals surface area contributed by atoms with Gasteiger partial charge < -0.3 is 10.2 Å². The SMILES string of the molecule is O=C(c1cccc2c1NCCC2)N1CCC2CCCCC21. The number of hydrogen-bond donors (Lipinski definition) is 1. The number of aryl methyl sites for hydroxylation is 1. The molecule has 1 amide bonds. The highest BCUT2D eigenvalue weighted by atomic mass is 16.2. The predicted octanol–water partition coefficient (Wildman–Crippen LogP) is 3.45. The van der Waals surface area contributed by atoms with E-state index in [1.54, 1.807) is 0 Å². The maximum absolute atomic E-state index is 13.1. The van der Waals surface area contributed by atoms with Gasteiger partial charge in [-0.1, -0.05) is 25.0 Å². The fourth-order valence-electron chi connectivity index (χ4n) is 4.50. The van der Waals surface area contributed by atoms with Crippen molar-refractivity contribution in [2.75, 3.05) is 18.4 Å². The Morgan fingerprint density at radius 1 is 1.14 bits per heavy atom. The van der Waals surface area contributed by atoms with Gasteiger partial charge in [-0.05, 0) is 49.7 Å². The standard InChI is InChI=1S/C18H24N2O/c21-18(20-12-10-13-5-1-2-9-16(13)20)15-8-3-6-14-7-4-11-19-17(14)15/h3,6,8,13,16,19H,1-2,4-5,7,9-12H2. The van der Waals surface area contributed by atoms with Crippen LogP contribution in [0.3, 0.4) is 0 Å². The smallest absolute Gasteiger partial charge is 0.256 e. The van der Waals surface area contributed by atoms with Crippen LogP contribution in [-0.4, -0.2) is 29.9 Å². The Balaban J connectivity index is 1.63. The molecular formula is C18H24N2O. The number of nitrogens with one attached hydrogen (secondary N) is 1. The number of fused-ring (bicyclic) bond motifs is 2. The summed E-state index contributed by atoms with van der Waals surface area (Å²) in [6.07, 6.45) is 8.63. The zero-order valence-electron chi connectivity index (χ0n) is 12.6. The van der Waals surface area contributed by atoms with Crippen LogP contribution in [0.25, 0.3) is 0 Å². The molecule has 0 bridgehead atoms. The first-order valence-corrected chi connectivity index (χ1v) is 8.51. The second-order valence-electron chi connectivity index (χ2n) is 6.77. The molecule has 1 aromatic rings.